The highest BCUT2D eigenvalue weighted by Gasteiger charge is 2.27. The Kier molecular flexibility index (Phi) is 19.8. The highest BCUT2D eigenvalue weighted by atomic mass is 16.7. The zero-order valence-corrected chi connectivity index (χ0v) is 38.3. The van der Waals surface area contributed by atoms with Crippen LogP contribution in [0.3, 0.4) is 0 Å². The first-order valence-electron chi connectivity index (χ1n) is 23.4. The fourth-order valence-electron chi connectivity index (χ4n) is 8.34. The standard InChI is InChI=1S/C49H71N9O6/c1-36(63-48(59)42(50)23-30-57(32-34-61-2)28-8-6-14-39-20-18-37-12-10-25-52-46(37)54-39)64-49(60)45(56-44-22-27-51-43-17-5-4-16-41(43)44)24-31-58(33-35-62-3)29-9-7-15-40-21-19-38-13-11-26-53-47(38)55-40/h4-5,16-22,27,36,42,45H,6-15,23-26,28-35,50H2,1-3H3,(H,51,56)(H,52,54)(H,53,55)/t36-,42-,45-/m0/s1. The molecule has 0 amide bonds. The molecule has 2 aliphatic rings. The van der Waals surface area contributed by atoms with Gasteiger partial charge in [-0.1, -0.05) is 30.3 Å². The van der Waals surface area contributed by atoms with Gasteiger partial charge in [0.25, 0.3) is 0 Å². The lowest BCUT2D eigenvalue weighted by Crippen LogP contribution is -2.41. The minimum absolute atomic E-state index is 0.388. The molecule has 0 bridgehead atoms. The molecule has 1 aromatic carbocycles. The second kappa shape index (κ2) is 26.1. The van der Waals surface area contributed by atoms with Gasteiger partial charge in [0, 0.05) is 89.1 Å². The van der Waals surface area contributed by atoms with Gasteiger partial charge < -0.3 is 50.4 Å². The van der Waals surface area contributed by atoms with Crippen molar-refractivity contribution in [1.29, 1.82) is 0 Å². The van der Waals surface area contributed by atoms with Crippen LogP contribution < -0.4 is 21.7 Å². The van der Waals surface area contributed by atoms with Gasteiger partial charge in [0.05, 0.1) is 18.7 Å². The van der Waals surface area contributed by atoms with Gasteiger partial charge in [0.1, 0.15) is 23.7 Å². The molecule has 0 saturated heterocycles. The Labute approximate surface area is 379 Å². The zero-order chi connectivity index (χ0) is 44.9. The van der Waals surface area contributed by atoms with Crippen LogP contribution in [0.5, 0.6) is 0 Å². The summed E-state index contributed by atoms with van der Waals surface area (Å²) in [6.07, 6.45) is 11.6. The number of nitrogens with one attached hydrogen (secondary N) is 3. The maximum Gasteiger partial charge on any atom is 0.331 e. The van der Waals surface area contributed by atoms with Crippen LogP contribution in [0.15, 0.2) is 60.8 Å². The fraction of sp³-hybridized carbons (Fsp3) is 0.571. The van der Waals surface area contributed by atoms with Crippen molar-refractivity contribution in [3.05, 3.63) is 83.3 Å². The number of para-hydroxylation sites is 1. The SMILES string of the molecule is COCCN(CCCCc1ccc2c(n1)NCCC2)CC[C@H](Nc1ccnc2ccccc12)C(=O)O[C@@H](C)OC(=O)[C@@H](N)CCN(CCCCc1ccc2c(n1)NCCC2)CCOC. The lowest BCUT2D eigenvalue weighted by atomic mass is 10.1. The molecule has 15 heteroatoms. The summed E-state index contributed by atoms with van der Waals surface area (Å²) in [6, 6.07) is 16.7. The number of hydrogen-bond donors (Lipinski definition) is 4. The number of ether oxygens (including phenoxy) is 4. The van der Waals surface area contributed by atoms with Gasteiger partial charge in [-0.2, -0.15) is 0 Å². The number of nitrogens with zero attached hydrogens (tertiary/aromatic N) is 5. The molecule has 0 aliphatic carbocycles. The summed E-state index contributed by atoms with van der Waals surface area (Å²) >= 11 is 0. The van der Waals surface area contributed by atoms with Crippen molar-refractivity contribution in [2.24, 2.45) is 5.73 Å². The highest BCUT2D eigenvalue weighted by Crippen LogP contribution is 2.24. The number of benzene rings is 1. The number of esters is 2. The van der Waals surface area contributed by atoms with Crippen molar-refractivity contribution in [2.45, 2.75) is 102 Å². The quantitative estimate of drug-likeness (QED) is 0.0296. The van der Waals surface area contributed by atoms with E-state index in [1.165, 1.54) is 11.1 Å². The maximum atomic E-state index is 14.0. The molecule has 3 aromatic heterocycles. The second-order valence-corrected chi connectivity index (χ2v) is 17.0. The number of hydrogen-bond acceptors (Lipinski definition) is 15. The minimum Gasteiger partial charge on any atom is -0.424 e. The molecule has 5 N–H and O–H groups in total. The molecule has 0 saturated carbocycles. The Balaban J connectivity index is 0.992. The van der Waals surface area contributed by atoms with Crippen LogP contribution in [0.1, 0.15) is 80.8 Å². The molecule has 0 unspecified atom stereocenters. The van der Waals surface area contributed by atoms with Crippen LogP contribution in [-0.2, 0) is 54.2 Å². The smallest absolute Gasteiger partial charge is 0.331 e. The summed E-state index contributed by atoms with van der Waals surface area (Å²) in [5.74, 6) is 0.915. The Hall–Kier alpha value is -4.93. The van der Waals surface area contributed by atoms with E-state index in [0.717, 1.165) is 143 Å². The van der Waals surface area contributed by atoms with Crippen molar-refractivity contribution in [1.82, 2.24) is 24.8 Å². The summed E-state index contributed by atoms with van der Waals surface area (Å²) in [4.78, 5) is 46.0. The molecule has 3 atom stereocenters. The number of carbonyl (C=O) groups is 2. The van der Waals surface area contributed by atoms with Gasteiger partial charge in [-0.15, -0.1) is 0 Å². The molecule has 0 radical (unpaired) electrons. The third kappa shape index (κ3) is 15.4. The largest absolute Gasteiger partial charge is 0.424 e. The summed E-state index contributed by atoms with van der Waals surface area (Å²) in [7, 11) is 3.39. The number of fused-ring (bicyclic) bond motifs is 3. The van der Waals surface area contributed by atoms with Crippen LogP contribution in [0.2, 0.25) is 0 Å². The number of pyridine rings is 3. The van der Waals surface area contributed by atoms with Crippen molar-refractivity contribution >= 4 is 40.2 Å². The van der Waals surface area contributed by atoms with E-state index >= 15 is 0 Å². The number of aromatic nitrogens is 3. The number of anilines is 3. The molecule has 0 spiro atoms. The van der Waals surface area contributed by atoms with Gasteiger partial charge in [0.15, 0.2) is 0 Å². The first-order chi connectivity index (χ1) is 31.3. The topological polar surface area (TPSA) is 178 Å². The van der Waals surface area contributed by atoms with Crippen LogP contribution >= 0.6 is 0 Å². The van der Waals surface area contributed by atoms with Crippen molar-refractivity contribution in [3.8, 4) is 0 Å². The Morgan fingerprint density at radius 2 is 1.30 bits per heavy atom. The summed E-state index contributed by atoms with van der Waals surface area (Å²) in [6.45, 7) is 8.98. The Morgan fingerprint density at radius 1 is 0.719 bits per heavy atom. The van der Waals surface area contributed by atoms with Crippen molar-refractivity contribution in [2.75, 3.05) is 95.7 Å². The van der Waals surface area contributed by atoms with Crippen molar-refractivity contribution in [3.63, 3.8) is 0 Å². The van der Waals surface area contributed by atoms with Crippen LogP contribution in [0.4, 0.5) is 17.3 Å². The molecular formula is C49H71N9O6. The van der Waals surface area contributed by atoms with E-state index in [2.05, 4.69) is 55.0 Å². The number of unbranched alkanes of at least 4 members (excludes halogenated alkanes) is 2. The Morgan fingerprint density at radius 3 is 1.91 bits per heavy atom. The maximum absolute atomic E-state index is 14.0. The molecule has 2 aliphatic heterocycles. The average Bonchev–Trinajstić information content (AvgIpc) is 3.32. The number of rotatable bonds is 28. The molecule has 348 valence electrons. The van der Waals surface area contributed by atoms with E-state index in [9.17, 15) is 9.59 Å². The van der Waals surface area contributed by atoms with Crippen LogP contribution in [0, 0.1) is 0 Å². The Bertz CT molecular complexity index is 2050. The molecule has 4 aromatic rings. The predicted octanol–water partition coefficient (Wildman–Crippen LogP) is 6.00. The van der Waals surface area contributed by atoms with Gasteiger partial charge >= 0.3 is 11.9 Å². The first kappa shape index (κ1) is 48.5. The molecule has 6 rings (SSSR count). The van der Waals surface area contributed by atoms with Gasteiger partial charge in [-0.05, 0) is 126 Å². The van der Waals surface area contributed by atoms with Crippen LogP contribution in [0.25, 0.3) is 10.9 Å². The number of methoxy groups -OCH3 is 2. The predicted molar refractivity (Wildman–Crippen MR) is 253 cm³/mol. The van der Waals surface area contributed by atoms with Gasteiger partial charge in [0.2, 0.25) is 6.29 Å². The zero-order valence-electron chi connectivity index (χ0n) is 38.3. The second-order valence-electron chi connectivity index (χ2n) is 17.0. The van der Waals surface area contributed by atoms with Crippen molar-refractivity contribution < 1.29 is 28.5 Å². The van der Waals surface area contributed by atoms with E-state index in [4.69, 9.17) is 34.6 Å². The van der Waals surface area contributed by atoms with E-state index < -0.39 is 30.3 Å². The van der Waals surface area contributed by atoms with E-state index in [0.29, 0.717) is 39.1 Å². The van der Waals surface area contributed by atoms with Gasteiger partial charge in [-0.3, -0.25) is 9.78 Å². The lowest BCUT2D eigenvalue weighted by Gasteiger charge is -2.27. The molecular weight excluding hydrogens is 811 g/mol. The molecule has 15 nitrogen and oxygen atoms in total. The molecule has 5 heterocycles. The highest BCUT2D eigenvalue weighted by molar-refractivity contribution is 5.93. The van der Waals surface area contributed by atoms with E-state index in [1.54, 1.807) is 27.3 Å². The number of nitrogens with two attached hydrogens (primary N) is 1. The van der Waals surface area contributed by atoms with E-state index in [-0.39, 0.29) is 0 Å². The molecule has 64 heavy (non-hydrogen) atoms. The normalized spacial score (nSPS) is 14.8. The van der Waals surface area contributed by atoms with E-state index in [1.807, 2.05) is 30.3 Å². The fourth-order valence-corrected chi connectivity index (χ4v) is 8.34. The number of carbonyl (C=O) groups excluding carboxylic acids is 2. The third-order valence-electron chi connectivity index (χ3n) is 12.1. The average molecular weight is 882 g/mol. The van der Waals surface area contributed by atoms with Gasteiger partial charge in [-0.25, -0.2) is 14.8 Å². The summed E-state index contributed by atoms with van der Waals surface area (Å²) in [5, 5.41) is 11.2. The lowest BCUT2D eigenvalue weighted by molar-refractivity contribution is -0.186. The summed E-state index contributed by atoms with van der Waals surface area (Å²) < 4.78 is 22.3. The third-order valence-corrected chi connectivity index (χ3v) is 12.1. The monoisotopic (exact) mass is 882 g/mol. The minimum atomic E-state index is -1.14. The first-order valence-corrected chi connectivity index (χ1v) is 23.4. The number of aryl methyl sites for hydroxylation is 4. The van der Waals surface area contributed by atoms with Crippen LogP contribution in [-0.4, -0.2) is 135 Å². The molecule has 0 fully saturated rings. The summed E-state index contributed by atoms with van der Waals surface area (Å²) in [5.41, 5.74) is 12.8.